The van der Waals surface area contributed by atoms with E-state index in [4.69, 9.17) is 0 Å². The molecule has 2 aromatic rings. The van der Waals surface area contributed by atoms with Gasteiger partial charge in [0.1, 0.15) is 0 Å². The standard InChI is InChI=1S/C15H20N4O2/c1-2-9-5-6-16-13(7-9)14(20)17-10-3-4-11-12(8-10)19-15(21)18-11/h3-4,8-9,13,16H,2,5-7H2,1H3,(H,17,20)(H2,18,19,21). The monoisotopic (exact) mass is 288 g/mol. The first-order valence-electron chi connectivity index (χ1n) is 7.42. The second-order valence-corrected chi connectivity index (χ2v) is 5.63. The quantitative estimate of drug-likeness (QED) is 0.691. The van der Waals surface area contributed by atoms with Gasteiger partial charge in [0.15, 0.2) is 0 Å². The van der Waals surface area contributed by atoms with Crippen molar-refractivity contribution in [2.45, 2.75) is 32.2 Å². The number of carbonyl (C=O) groups excluding carboxylic acids is 1. The molecule has 2 unspecified atom stereocenters. The van der Waals surface area contributed by atoms with Crippen LogP contribution in [0, 0.1) is 5.92 Å². The Balaban J connectivity index is 1.71. The van der Waals surface area contributed by atoms with Crippen LogP contribution in [0.1, 0.15) is 26.2 Å². The van der Waals surface area contributed by atoms with Crippen LogP contribution < -0.4 is 16.3 Å². The van der Waals surface area contributed by atoms with Gasteiger partial charge in [-0.1, -0.05) is 13.3 Å². The molecule has 1 fully saturated rings. The number of imidazole rings is 1. The van der Waals surface area contributed by atoms with Crippen molar-refractivity contribution >= 4 is 22.6 Å². The van der Waals surface area contributed by atoms with E-state index in [1.165, 1.54) is 0 Å². The van der Waals surface area contributed by atoms with E-state index >= 15 is 0 Å². The third kappa shape index (κ3) is 3.00. The second-order valence-electron chi connectivity index (χ2n) is 5.63. The summed E-state index contributed by atoms with van der Waals surface area (Å²) in [6, 6.07) is 5.21. The fourth-order valence-electron chi connectivity index (χ4n) is 2.91. The van der Waals surface area contributed by atoms with Crippen LogP contribution in [0.2, 0.25) is 0 Å². The number of benzene rings is 1. The summed E-state index contributed by atoms with van der Waals surface area (Å²) in [6.45, 7) is 3.06. The Morgan fingerprint density at radius 1 is 1.33 bits per heavy atom. The number of anilines is 1. The van der Waals surface area contributed by atoms with Gasteiger partial charge in [-0.25, -0.2) is 4.79 Å². The number of H-pyrrole nitrogens is 2. The second kappa shape index (κ2) is 5.73. The summed E-state index contributed by atoms with van der Waals surface area (Å²) in [6.07, 6.45) is 3.13. The topological polar surface area (TPSA) is 89.8 Å². The summed E-state index contributed by atoms with van der Waals surface area (Å²) in [7, 11) is 0. The largest absolute Gasteiger partial charge is 0.325 e. The maximum absolute atomic E-state index is 12.3. The van der Waals surface area contributed by atoms with E-state index in [9.17, 15) is 9.59 Å². The van der Waals surface area contributed by atoms with Crippen LogP contribution in [0.3, 0.4) is 0 Å². The molecule has 1 aromatic carbocycles. The molecule has 3 rings (SSSR count). The van der Waals surface area contributed by atoms with Gasteiger partial charge in [0.25, 0.3) is 0 Å². The maximum Gasteiger partial charge on any atom is 0.323 e. The highest BCUT2D eigenvalue weighted by molar-refractivity contribution is 5.96. The summed E-state index contributed by atoms with van der Waals surface area (Å²) < 4.78 is 0. The summed E-state index contributed by atoms with van der Waals surface area (Å²) in [5.41, 5.74) is 1.89. The van der Waals surface area contributed by atoms with Gasteiger partial charge < -0.3 is 20.6 Å². The van der Waals surface area contributed by atoms with Crippen LogP contribution in [0.5, 0.6) is 0 Å². The van der Waals surface area contributed by atoms with E-state index in [0.717, 1.165) is 31.3 Å². The van der Waals surface area contributed by atoms with Crippen LogP contribution in [0.15, 0.2) is 23.0 Å². The van der Waals surface area contributed by atoms with Crippen molar-refractivity contribution < 1.29 is 4.79 Å². The van der Waals surface area contributed by atoms with Gasteiger partial charge in [0, 0.05) is 5.69 Å². The highest BCUT2D eigenvalue weighted by Crippen LogP contribution is 2.21. The van der Waals surface area contributed by atoms with Crippen LogP contribution in [0.4, 0.5) is 5.69 Å². The van der Waals surface area contributed by atoms with Crippen molar-refractivity contribution in [3.8, 4) is 0 Å². The van der Waals surface area contributed by atoms with Gasteiger partial charge >= 0.3 is 5.69 Å². The van der Waals surface area contributed by atoms with Gasteiger partial charge in [-0.05, 0) is 43.5 Å². The molecule has 2 heterocycles. The highest BCUT2D eigenvalue weighted by Gasteiger charge is 2.25. The number of aromatic amines is 2. The summed E-state index contributed by atoms with van der Waals surface area (Å²) >= 11 is 0. The summed E-state index contributed by atoms with van der Waals surface area (Å²) in [4.78, 5) is 28.9. The molecule has 0 bridgehead atoms. The van der Waals surface area contributed by atoms with Crippen molar-refractivity contribution in [3.63, 3.8) is 0 Å². The number of fused-ring (bicyclic) bond motifs is 1. The molecular formula is C15H20N4O2. The smallest absolute Gasteiger partial charge is 0.323 e. The number of amides is 1. The zero-order valence-electron chi connectivity index (χ0n) is 12.0. The first-order chi connectivity index (χ1) is 10.2. The van der Waals surface area contributed by atoms with Crippen LogP contribution >= 0.6 is 0 Å². The lowest BCUT2D eigenvalue weighted by atomic mass is 9.90. The number of carbonyl (C=O) groups is 1. The minimum absolute atomic E-state index is 0.00890. The van der Waals surface area contributed by atoms with E-state index < -0.39 is 0 Å². The van der Waals surface area contributed by atoms with Crippen LogP contribution in [-0.4, -0.2) is 28.5 Å². The third-order valence-electron chi connectivity index (χ3n) is 4.19. The van der Waals surface area contributed by atoms with Crippen molar-refractivity contribution in [1.82, 2.24) is 15.3 Å². The van der Waals surface area contributed by atoms with E-state index in [-0.39, 0.29) is 17.6 Å². The van der Waals surface area contributed by atoms with Crippen LogP contribution in [-0.2, 0) is 4.79 Å². The third-order valence-corrected chi connectivity index (χ3v) is 4.19. The van der Waals surface area contributed by atoms with Gasteiger partial charge in [0.05, 0.1) is 17.1 Å². The molecule has 1 aliphatic rings. The lowest BCUT2D eigenvalue weighted by Crippen LogP contribution is -2.46. The molecule has 6 nitrogen and oxygen atoms in total. The Morgan fingerprint density at radius 2 is 2.14 bits per heavy atom. The molecule has 1 amide bonds. The van der Waals surface area contributed by atoms with Gasteiger partial charge in [-0.3, -0.25) is 4.79 Å². The molecule has 0 radical (unpaired) electrons. The van der Waals surface area contributed by atoms with E-state index in [1.807, 2.05) is 0 Å². The molecule has 21 heavy (non-hydrogen) atoms. The Labute approximate surface area is 122 Å². The molecule has 4 N–H and O–H groups in total. The molecule has 2 atom stereocenters. The van der Waals surface area contributed by atoms with Gasteiger partial charge in [0.2, 0.25) is 5.91 Å². The summed E-state index contributed by atoms with van der Waals surface area (Å²) in [5, 5.41) is 6.19. The molecule has 0 aliphatic carbocycles. The maximum atomic E-state index is 12.3. The first-order valence-corrected chi connectivity index (χ1v) is 7.42. The fourth-order valence-corrected chi connectivity index (χ4v) is 2.91. The number of hydrogen-bond donors (Lipinski definition) is 4. The normalized spacial score (nSPS) is 22.3. The Morgan fingerprint density at radius 3 is 2.95 bits per heavy atom. The first kappa shape index (κ1) is 13.9. The van der Waals surface area contributed by atoms with Gasteiger partial charge in [-0.15, -0.1) is 0 Å². The lowest BCUT2D eigenvalue weighted by Gasteiger charge is -2.28. The Kier molecular flexibility index (Phi) is 3.79. The van der Waals surface area contributed by atoms with E-state index in [2.05, 4.69) is 27.5 Å². The van der Waals surface area contributed by atoms with Gasteiger partial charge in [-0.2, -0.15) is 0 Å². The molecule has 1 aliphatic heterocycles. The zero-order valence-corrected chi connectivity index (χ0v) is 12.0. The number of aromatic nitrogens is 2. The number of nitrogens with one attached hydrogen (secondary N) is 4. The lowest BCUT2D eigenvalue weighted by molar-refractivity contribution is -0.119. The molecule has 0 saturated carbocycles. The minimum atomic E-state index is -0.242. The SMILES string of the molecule is CCC1CCNC(C(=O)Nc2ccc3[nH]c(=O)[nH]c3c2)C1. The van der Waals surface area contributed by atoms with E-state index in [0.29, 0.717) is 17.1 Å². The Bertz CT molecular complexity index is 703. The zero-order chi connectivity index (χ0) is 14.8. The average Bonchev–Trinajstić information content (AvgIpc) is 2.86. The average molecular weight is 288 g/mol. The number of hydrogen-bond acceptors (Lipinski definition) is 3. The molecular weight excluding hydrogens is 268 g/mol. The minimum Gasteiger partial charge on any atom is -0.325 e. The highest BCUT2D eigenvalue weighted by atomic mass is 16.2. The predicted octanol–water partition coefficient (Wildman–Crippen LogP) is 1.57. The summed E-state index contributed by atoms with van der Waals surface area (Å²) in [5.74, 6) is 0.607. The van der Waals surface area contributed by atoms with Crippen molar-refractivity contribution in [2.24, 2.45) is 5.92 Å². The van der Waals surface area contributed by atoms with Crippen molar-refractivity contribution in [3.05, 3.63) is 28.7 Å². The van der Waals surface area contributed by atoms with E-state index in [1.54, 1.807) is 18.2 Å². The molecule has 6 heteroatoms. The molecule has 0 spiro atoms. The van der Waals surface area contributed by atoms with Crippen molar-refractivity contribution in [1.29, 1.82) is 0 Å². The molecule has 1 saturated heterocycles. The number of rotatable bonds is 3. The number of piperidine rings is 1. The molecule has 112 valence electrons. The van der Waals surface area contributed by atoms with Crippen molar-refractivity contribution in [2.75, 3.05) is 11.9 Å². The Hall–Kier alpha value is -2.08. The van der Waals surface area contributed by atoms with Crippen LogP contribution in [0.25, 0.3) is 11.0 Å². The fraction of sp³-hybridized carbons (Fsp3) is 0.467. The molecule has 1 aromatic heterocycles. The predicted molar refractivity (Wildman–Crippen MR) is 82.4 cm³/mol.